The van der Waals surface area contributed by atoms with Crippen LogP contribution in [0.4, 0.5) is 5.69 Å². The van der Waals surface area contributed by atoms with Gasteiger partial charge < -0.3 is 10.6 Å². The van der Waals surface area contributed by atoms with Crippen LogP contribution in [-0.2, 0) is 0 Å². The average molecular weight is 384 g/mol. The Kier molecular flexibility index (Phi) is 6.53. The molecule has 0 saturated carbocycles. The number of hydrogen-bond acceptors (Lipinski definition) is 3. The highest BCUT2D eigenvalue weighted by Gasteiger charge is 2.09. The van der Waals surface area contributed by atoms with E-state index in [0.29, 0.717) is 15.7 Å². The molecule has 0 aromatic heterocycles. The van der Waals surface area contributed by atoms with Gasteiger partial charge in [-0.15, -0.1) is 0 Å². The van der Waals surface area contributed by atoms with Gasteiger partial charge in [-0.1, -0.05) is 89.9 Å². The van der Waals surface area contributed by atoms with E-state index in [1.807, 2.05) is 12.1 Å². The van der Waals surface area contributed by atoms with Gasteiger partial charge in [0.05, 0.1) is 22.3 Å². The van der Waals surface area contributed by atoms with Crippen molar-refractivity contribution in [3.8, 4) is 11.1 Å². The fourth-order valence-electron chi connectivity index (χ4n) is 2.48. The molecular formula is C21H19Cl2N3. The summed E-state index contributed by atoms with van der Waals surface area (Å²) >= 11 is 12.0. The lowest BCUT2D eigenvalue weighted by Crippen LogP contribution is -2.26. The van der Waals surface area contributed by atoms with Gasteiger partial charge in [0, 0.05) is 6.54 Å². The standard InChI is InChI=1S/C12H10.C9H9Cl2N3/c1-3-7-11(8-4-1)12-9-5-2-6-10-12;10-6-2-1-3-7(11)8(6)14-9-12-4-5-13-9/h1-10H;1-3H,4-5H2,(H2,12,13,14). The van der Waals surface area contributed by atoms with Gasteiger partial charge in [-0.2, -0.15) is 0 Å². The fourth-order valence-corrected chi connectivity index (χ4v) is 2.97. The first-order valence-electron chi connectivity index (χ1n) is 8.34. The van der Waals surface area contributed by atoms with E-state index >= 15 is 0 Å². The lowest BCUT2D eigenvalue weighted by Gasteiger charge is -2.09. The zero-order valence-corrected chi connectivity index (χ0v) is 15.6. The quantitative estimate of drug-likeness (QED) is 0.593. The molecule has 4 rings (SSSR count). The SMILES string of the molecule is Clc1cccc(Cl)c1NC1=NCCN1.c1ccc(-c2ccccc2)cc1. The van der Waals surface area contributed by atoms with Gasteiger partial charge in [-0.05, 0) is 23.3 Å². The van der Waals surface area contributed by atoms with Crippen LogP contribution < -0.4 is 10.6 Å². The van der Waals surface area contributed by atoms with Gasteiger partial charge in [0.2, 0.25) is 0 Å². The topological polar surface area (TPSA) is 36.4 Å². The van der Waals surface area contributed by atoms with Crippen molar-refractivity contribution in [2.75, 3.05) is 18.4 Å². The Morgan fingerprint density at radius 3 is 1.73 bits per heavy atom. The van der Waals surface area contributed by atoms with E-state index in [-0.39, 0.29) is 0 Å². The van der Waals surface area contributed by atoms with E-state index in [1.165, 1.54) is 11.1 Å². The minimum absolute atomic E-state index is 0.592. The molecule has 0 amide bonds. The van der Waals surface area contributed by atoms with Gasteiger partial charge in [0.15, 0.2) is 5.96 Å². The maximum atomic E-state index is 5.98. The smallest absolute Gasteiger partial charge is 0.196 e. The number of anilines is 1. The van der Waals surface area contributed by atoms with Crippen molar-refractivity contribution >= 4 is 34.8 Å². The maximum Gasteiger partial charge on any atom is 0.196 e. The predicted octanol–water partition coefficient (Wildman–Crippen LogP) is 5.72. The van der Waals surface area contributed by atoms with Crippen molar-refractivity contribution in [2.24, 2.45) is 4.99 Å². The summed E-state index contributed by atoms with van der Waals surface area (Å²) in [5.41, 5.74) is 3.25. The van der Waals surface area contributed by atoms with Crippen molar-refractivity contribution in [3.63, 3.8) is 0 Å². The van der Waals surface area contributed by atoms with E-state index in [1.54, 1.807) is 18.2 Å². The molecule has 5 heteroatoms. The summed E-state index contributed by atoms with van der Waals surface area (Å²) in [6.07, 6.45) is 0. The molecule has 0 atom stereocenters. The van der Waals surface area contributed by atoms with Crippen LogP contribution in [0.25, 0.3) is 11.1 Å². The highest BCUT2D eigenvalue weighted by atomic mass is 35.5. The summed E-state index contributed by atoms with van der Waals surface area (Å²) in [5.74, 6) is 0.722. The summed E-state index contributed by atoms with van der Waals surface area (Å²) in [7, 11) is 0. The van der Waals surface area contributed by atoms with Crippen LogP contribution in [0, 0.1) is 0 Å². The monoisotopic (exact) mass is 383 g/mol. The molecule has 3 aromatic carbocycles. The number of hydrogen-bond donors (Lipinski definition) is 2. The van der Waals surface area contributed by atoms with Gasteiger partial charge in [-0.25, -0.2) is 0 Å². The second-order valence-electron chi connectivity index (χ2n) is 5.61. The minimum Gasteiger partial charge on any atom is -0.354 e. The summed E-state index contributed by atoms with van der Waals surface area (Å²) in [6, 6.07) is 26.2. The molecular weight excluding hydrogens is 365 g/mol. The molecule has 3 nitrogen and oxygen atoms in total. The summed E-state index contributed by atoms with van der Waals surface area (Å²) in [6.45, 7) is 1.63. The second kappa shape index (κ2) is 9.27. The lowest BCUT2D eigenvalue weighted by atomic mass is 10.1. The van der Waals surface area contributed by atoms with Crippen molar-refractivity contribution in [2.45, 2.75) is 0 Å². The first kappa shape index (κ1) is 18.3. The Hall–Kier alpha value is -2.49. The Balaban J connectivity index is 0.000000152. The molecule has 2 N–H and O–H groups in total. The molecule has 0 saturated heterocycles. The Labute approximate surface area is 163 Å². The van der Waals surface area contributed by atoms with Crippen molar-refractivity contribution in [1.29, 1.82) is 0 Å². The molecule has 0 aliphatic carbocycles. The molecule has 132 valence electrons. The van der Waals surface area contributed by atoms with Gasteiger partial charge in [-0.3, -0.25) is 4.99 Å². The minimum atomic E-state index is 0.592. The first-order chi connectivity index (χ1) is 12.7. The van der Waals surface area contributed by atoms with Crippen LogP contribution in [0.2, 0.25) is 10.0 Å². The molecule has 3 aromatic rings. The molecule has 0 bridgehead atoms. The molecule has 0 spiro atoms. The van der Waals surface area contributed by atoms with Crippen LogP contribution in [0.15, 0.2) is 83.9 Å². The zero-order chi connectivity index (χ0) is 18.2. The van der Waals surface area contributed by atoms with Gasteiger partial charge >= 0.3 is 0 Å². The van der Waals surface area contributed by atoms with Gasteiger partial charge in [0.1, 0.15) is 0 Å². The largest absolute Gasteiger partial charge is 0.354 e. The Morgan fingerprint density at radius 2 is 1.27 bits per heavy atom. The molecule has 1 aliphatic rings. The van der Waals surface area contributed by atoms with Crippen molar-refractivity contribution in [1.82, 2.24) is 5.32 Å². The van der Waals surface area contributed by atoms with E-state index in [0.717, 1.165) is 19.0 Å². The van der Waals surface area contributed by atoms with Gasteiger partial charge in [0.25, 0.3) is 0 Å². The lowest BCUT2D eigenvalue weighted by molar-refractivity contribution is 0.959. The van der Waals surface area contributed by atoms with Crippen molar-refractivity contribution < 1.29 is 0 Å². The molecule has 1 aliphatic heterocycles. The number of guanidine groups is 1. The Morgan fingerprint density at radius 1 is 0.731 bits per heavy atom. The van der Waals surface area contributed by atoms with E-state index < -0.39 is 0 Å². The molecule has 26 heavy (non-hydrogen) atoms. The predicted molar refractivity (Wildman–Crippen MR) is 112 cm³/mol. The Bertz CT molecular complexity index is 807. The highest BCUT2D eigenvalue weighted by Crippen LogP contribution is 2.29. The molecule has 0 radical (unpaired) electrons. The van der Waals surface area contributed by atoms with E-state index in [9.17, 15) is 0 Å². The number of para-hydroxylation sites is 1. The van der Waals surface area contributed by atoms with Crippen LogP contribution >= 0.6 is 23.2 Å². The van der Waals surface area contributed by atoms with E-state index in [2.05, 4.69) is 64.2 Å². The summed E-state index contributed by atoms with van der Waals surface area (Å²) in [4.78, 5) is 4.19. The van der Waals surface area contributed by atoms with Crippen LogP contribution in [-0.4, -0.2) is 19.0 Å². The third kappa shape index (κ3) is 5.01. The zero-order valence-electron chi connectivity index (χ0n) is 14.1. The number of aliphatic imine (C=N–C) groups is 1. The third-order valence-corrected chi connectivity index (χ3v) is 4.39. The van der Waals surface area contributed by atoms with E-state index in [4.69, 9.17) is 23.2 Å². The maximum absolute atomic E-state index is 5.98. The normalized spacial score (nSPS) is 12.5. The summed E-state index contributed by atoms with van der Waals surface area (Å²) < 4.78 is 0. The number of rotatable bonds is 2. The molecule has 0 unspecified atom stereocenters. The third-order valence-electron chi connectivity index (χ3n) is 3.76. The highest BCUT2D eigenvalue weighted by molar-refractivity contribution is 6.39. The molecule has 1 heterocycles. The molecule has 0 fully saturated rings. The first-order valence-corrected chi connectivity index (χ1v) is 9.09. The summed E-state index contributed by atoms with van der Waals surface area (Å²) in [5, 5.41) is 7.32. The fraction of sp³-hybridized carbons (Fsp3) is 0.0952. The second-order valence-corrected chi connectivity index (χ2v) is 6.43. The van der Waals surface area contributed by atoms with Crippen molar-refractivity contribution in [3.05, 3.63) is 88.9 Å². The number of nitrogens with one attached hydrogen (secondary N) is 2. The number of benzene rings is 3. The number of halogens is 2. The number of nitrogens with zero attached hydrogens (tertiary/aromatic N) is 1. The average Bonchev–Trinajstić information content (AvgIpc) is 3.20. The van der Waals surface area contributed by atoms with Crippen LogP contribution in [0.5, 0.6) is 0 Å². The van der Waals surface area contributed by atoms with Crippen LogP contribution in [0.3, 0.4) is 0 Å². The van der Waals surface area contributed by atoms with Crippen LogP contribution in [0.1, 0.15) is 0 Å².